The summed E-state index contributed by atoms with van der Waals surface area (Å²) >= 11 is 0. The number of aliphatic hydroxyl groups excluding tert-OH is 1. The van der Waals surface area contributed by atoms with Crippen LogP contribution in [0.5, 0.6) is 0 Å². The Morgan fingerprint density at radius 2 is 1.80 bits per heavy atom. The van der Waals surface area contributed by atoms with E-state index in [0.29, 0.717) is 6.61 Å². The first kappa shape index (κ1) is 16.5. The van der Waals surface area contributed by atoms with Crippen molar-refractivity contribution in [3.8, 4) is 0 Å². The van der Waals surface area contributed by atoms with Crippen LogP contribution >= 0.6 is 0 Å². The Labute approximate surface area is 125 Å². The molecule has 0 aromatic carbocycles. The minimum absolute atomic E-state index is 0.0922. The van der Waals surface area contributed by atoms with Gasteiger partial charge in [0.25, 0.3) is 0 Å². The predicted molar refractivity (Wildman–Crippen MR) is 84.3 cm³/mol. The van der Waals surface area contributed by atoms with Gasteiger partial charge in [0.2, 0.25) is 0 Å². The summed E-state index contributed by atoms with van der Waals surface area (Å²) in [6.07, 6.45) is 0.690. The molecule has 0 aromatic heterocycles. The topological polar surface area (TPSA) is 42.0 Å². The lowest BCUT2D eigenvalue weighted by Gasteiger charge is -2.46. The number of epoxide rings is 1. The van der Waals surface area contributed by atoms with Gasteiger partial charge in [-0.05, 0) is 30.5 Å². The van der Waals surface area contributed by atoms with E-state index in [-0.39, 0.29) is 34.2 Å². The maximum atomic E-state index is 10.4. The first-order valence-electron chi connectivity index (χ1n) is 7.82. The molecule has 0 bridgehead atoms. The second-order valence-electron chi connectivity index (χ2n) is 8.99. The lowest BCUT2D eigenvalue weighted by atomic mass is 9.63. The number of rotatable bonds is 3. The summed E-state index contributed by atoms with van der Waals surface area (Å²) in [5.74, 6) is 0.262. The highest BCUT2D eigenvalue weighted by atomic mass is 28.4. The van der Waals surface area contributed by atoms with Gasteiger partial charge in [-0.3, -0.25) is 0 Å². The highest BCUT2D eigenvalue weighted by Crippen LogP contribution is 2.58. The van der Waals surface area contributed by atoms with Crippen LogP contribution in [0.25, 0.3) is 0 Å². The van der Waals surface area contributed by atoms with Gasteiger partial charge in [0.1, 0.15) is 0 Å². The molecule has 1 aliphatic heterocycles. The lowest BCUT2D eigenvalue weighted by Crippen LogP contribution is -2.53. The largest absolute Gasteiger partial charge is 0.416 e. The molecule has 0 spiro atoms. The molecule has 3 nitrogen and oxygen atoms in total. The van der Waals surface area contributed by atoms with E-state index >= 15 is 0 Å². The van der Waals surface area contributed by atoms with Gasteiger partial charge in [-0.1, -0.05) is 34.6 Å². The Kier molecular flexibility index (Phi) is 3.74. The molecule has 118 valence electrons. The van der Waals surface area contributed by atoms with Gasteiger partial charge in [0.05, 0.1) is 17.8 Å². The van der Waals surface area contributed by atoms with Gasteiger partial charge in [-0.15, -0.1) is 0 Å². The summed E-state index contributed by atoms with van der Waals surface area (Å²) < 4.78 is 12.3. The maximum absolute atomic E-state index is 10.4. The summed E-state index contributed by atoms with van der Waals surface area (Å²) in [5, 5.41) is 10.6. The molecule has 1 saturated heterocycles. The molecule has 2 aliphatic rings. The molecule has 0 aromatic rings. The zero-order valence-corrected chi connectivity index (χ0v) is 15.4. The molecule has 1 saturated carbocycles. The first-order chi connectivity index (χ1) is 8.82. The summed E-state index contributed by atoms with van der Waals surface area (Å²) in [4.78, 5) is 0. The minimum atomic E-state index is -1.75. The second kappa shape index (κ2) is 4.54. The van der Waals surface area contributed by atoms with Crippen LogP contribution < -0.4 is 0 Å². The monoisotopic (exact) mass is 300 g/mol. The third-order valence-corrected chi connectivity index (χ3v) is 10.8. The molecule has 0 radical (unpaired) electrons. The molecule has 0 amide bonds. The average Bonchev–Trinajstić information content (AvgIpc) is 2.87. The van der Waals surface area contributed by atoms with Crippen LogP contribution in [-0.2, 0) is 9.16 Å². The molecule has 1 aliphatic carbocycles. The van der Waals surface area contributed by atoms with E-state index in [2.05, 4.69) is 54.6 Å². The number of aliphatic hydroxyl groups is 1. The van der Waals surface area contributed by atoms with Crippen LogP contribution in [0.1, 0.15) is 48.0 Å². The van der Waals surface area contributed by atoms with E-state index in [4.69, 9.17) is 9.16 Å². The van der Waals surface area contributed by atoms with Crippen molar-refractivity contribution < 1.29 is 14.3 Å². The van der Waals surface area contributed by atoms with Crippen LogP contribution in [0.15, 0.2) is 0 Å². The number of fused-ring (bicyclic) bond motifs is 1. The van der Waals surface area contributed by atoms with Crippen molar-refractivity contribution in [2.45, 2.75) is 83.9 Å². The Morgan fingerprint density at radius 3 is 2.30 bits per heavy atom. The Hall–Kier alpha value is 0.0969. The third kappa shape index (κ3) is 2.49. The van der Waals surface area contributed by atoms with Crippen LogP contribution in [0.4, 0.5) is 0 Å². The minimum Gasteiger partial charge on any atom is -0.416 e. The quantitative estimate of drug-likeness (QED) is 0.640. The molecule has 1 N–H and O–H groups in total. The van der Waals surface area contributed by atoms with E-state index in [0.717, 1.165) is 6.42 Å². The first-order valence-corrected chi connectivity index (χ1v) is 10.7. The average molecular weight is 301 g/mol. The fourth-order valence-electron chi connectivity index (χ4n) is 3.23. The molecule has 0 unspecified atom stereocenters. The number of hydrogen-bond donors (Lipinski definition) is 1. The van der Waals surface area contributed by atoms with Crippen molar-refractivity contribution in [1.29, 1.82) is 0 Å². The molecule has 4 heteroatoms. The number of ether oxygens (including phenoxy) is 1. The lowest BCUT2D eigenvalue weighted by molar-refractivity contribution is -0.0526. The van der Waals surface area contributed by atoms with Crippen molar-refractivity contribution in [2.75, 3.05) is 6.61 Å². The Balaban J connectivity index is 2.11. The third-order valence-electron chi connectivity index (χ3n) is 6.28. The van der Waals surface area contributed by atoms with Crippen LogP contribution in [-0.4, -0.2) is 37.8 Å². The molecule has 4 atom stereocenters. The van der Waals surface area contributed by atoms with Crippen molar-refractivity contribution in [3.05, 3.63) is 0 Å². The molecular formula is C16H32O3Si. The molecule has 20 heavy (non-hydrogen) atoms. The fraction of sp³-hybridized carbons (Fsp3) is 1.00. The van der Waals surface area contributed by atoms with Crippen molar-refractivity contribution in [3.63, 3.8) is 0 Å². The van der Waals surface area contributed by atoms with Gasteiger partial charge < -0.3 is 14.3 Å². The van der Waals surface area contributed by atoms with E-state index in [1.165, 1.54) is 0 Å². The SMILES string of the molecule is CC1(C)[C@H](O)C[C@@H]2O[C@]2(C)[C@@H]1CO[Si](C)(C)C(C)(C)C. The second-order valence-corrected chi connectivity index (χ2v) is 13.8. The predicted octanol–water partition coefficient (Wildman–Crippen LogP) is 3.57. The Morgan fingerprint density at radius 1 is 1.25 bits per heavy atom. The van der Waals surface area contributed by atoms with Crippen LogP contribution in [0, 0.1) is 11.3 Å². The zero-order valence-electron chi connectivity index (χ0n) is 14.4. The van der Waals surface area contributed by atoms with Crippen LogP contribution in [0.3, 0.4) is 0 Å². The molecule has 2 fully saturated rings. The van der Waals surface area contributed by atoms with Crippen molar-refractivity contribution >= 4 is 8.32 Å². The van der Waals surface area contributed by atoms with Crippen molar-refractivity contribution in [1.82, 2.24) is 0 Å². The standard InChI is InChI=1S/C16H32O3Si/c1-14(2,3)20(7,8)18-10-11-15(4,5)12(17)9-13-16(11,6)19-13/h11-13,17H,9-10H2,1-8H3/t11-,12-,13+,16-/m1/s1. The fourth-order valence-corrected chi connectivity index (χ4v) is 4.24. The molecule has 2 rings (SSSR count). The maximum Gasteiger partial charge on any atom is 0.191 e. The van der Waals surface area contributed by atoms with Gasteiger partial charge in [0, 0.05) is 18.9 Å². The zero-order chi connectivity index (χ0) is 15.6. The van der Waals surface area contributed by atoms with Crippen LogP contribution in [0.2, 0.25) is 18.1 Å². The van der Waals surface area contributed by atoms with E-state index in [9.17, 15) is 5.11 Å². The highest BCUT2D eigenvalue weighted by Gasteiger charge is 2.67. The summed E-state index contributed by atoms with van der Waals surface area (Å²) in [7, 11) is -1.75. The Bertz CT molecular complexity index is 386. The summed E-state index contributed by atoms with van der Waals surface area (Å²) in [6, 6.07) is 0. The summed E-state index contributed by atoms with van der Waals surface area (Å²) in [5.41, 5.74) is -0.241. The smallest absolute Gasteiger partial charge is 0.191 e. The highest BCUT2D eigenvalue weighted by molar-refractivity contribution is 6.74. The van der Waals surface area contributed by atoms with Gasteiger partial charge in [-0.2, -0.15) is 0 Å². The van der Waals surface area contributed by atoms with Gasteiger partial charge in [0.15, 0.2) is 8.32 Å². The van der Waals surface area contributed by atoms with E-state index < -0.39 is 8.32 Å². The van der Waals surface area contributed by atoms with Gasteiger partial charge in [-0.25, -0.2) is 0 Å². The van der Waals surface area contributed by atoms with E-state index in [1.54, 1.807) is 0 Å². The number of hydrogen-bond acceptors (Lipinski definition) is 3. The van der Waals surface area contributed by atoms with E-state index in [1.807, 2.05) is 0 Å². The van der Waals surface area contributed by atoms with Gasteiger partial charge >= 0.3 is 0 Å². The van der Waals surface area contributed by atoms with Crippen molar-refractivity contribution in [2.24, 2.45) is 11.3 Å². The molecule has 1 heterocycles. The normalized spacial score (nSPS) is 40.4. The molecular weight excluding hydrogens is 268 g/mol. The summed E-state index contributed by atoms with van der Waals surface area (Å²) in [6.45, 7) is 18.5.